The Hall–Kier alpha value is -1.90. The maximum atomic E-state index is 12.2. The topological polar surface area (TPSA) is 69.2 Å². The summed E-state index contributed by atoms with van der Waals surface area (Å²) in [7, 11) is -5.74. The lowest BCUT2D eigenvalue weighted by Gasteiger charge is -2.09. The Labute approximate surface area is 99.3 Å². The minimum atomic E-state index is -5.74. The van der Waals surface area contributed by atoms with E-state index in [1.165, 1.54) is 24.4 Å². The van der Waals surface area contributed by atoms with Crippen molar-refractivity contribution in [1.82, 2.24) is 10.2 Å². The van der Waals surface area contributed by atoms with Crippen LogP contribution in [0, 0.1) is 0 Å². The quantitative estimate of drug-likeness (QED) is 0.619. The third kappa shape index (κ3) is 2.21. The van der Waals surface area contributed by atoms with E-state index in [2.05, 4.69) is 14.4 Å². The molecule has 0 saturated heterocycles. The van der Waals surface area contributed by atoms with Crippen molar-refractivity contribution in [3.63, 3.8) is 0 Å². The average Bonchev–Trinajstić information content (AvgIpc) is 2.27. The maximum absolute atomic E-state index is 12.2. The van der Waals surface area contributed by atoms with Crippen LogP contribution in [0.4, 0.5) is 13.2 Å². The highest BCUT2D eigenvalue weighted by molar-refractivity contribution is 7.88. The molecule has 2 rings (SSSR count). The van der Waals surface area contributed by atoms with Gasteiger partial charge in [-0.15, -0.1) is 5.10 Å². The Balaban J connectivity index is 2.51. The molecule has 0 amide bonds. The van der Waals surface area contributed by atoms with Gasteiger partial charge in [0.25, 0.3) is 5.88 Å². The van der Waals surface area contributed by atoms with Crippen LogP contribution in [0.3, 0.4) is 0 Å². The largest absolute Gasteiger partial charge is 0.534 e. The summed E-state index contributed by atoms with van der Waals surface area (Å²) >= 11 is 0. The van der Waals surface area contributed by atoms with Gasteiger partial charge in [-0.2, -0.15) is 26.7 Å². The molecule has 18 heavy (non-hydrogen) atoms. The van der Waals surface area contributed by atoms with Gasteiger partial charge < -0.3 is 4.18 Å². The molecule has 5 nitrogen and oxygen atoms in total. The summed E-state index contributed by atoms with van der Waals surface area (Å²) in [6.45, 7) is 0. The van der Waals surface area contributed by atoms with Gasteiger partial charge in [-0.25, -0.2) is 0 Å². The van der Waals surface area contributed by atoms with Crippen molar-refractivity contribution in [3.8, 4) is 5.88 Å². The third-order valence-corrected chi connectivity index (χ3v) is 2.95. The lowest BCUT2D eigenvalue weighted by atomic mass is 10.2. The average molecular weight is 278 g/mol. The fourth-order valence-corrected chi connectivity index (χ4v) is 1.64. The molecule has 1 heterocycles. The van der Waals surface area contributed by atoms with Crippen LogP contribution in [0.5, 0.6) is 5.88 Å². The Morgan fingerprint density at radius 1 is 1.17 bits per heavy atom. The summed E-state index contributed by atoms with van der Waals surface area (Å²) in [6.07, 6.45) is 1.28. The molecule has 96 valence electrons. The molecule has 0 saturated carbocycles. The van der Waals surface area contributed by atoms with E-state index < -0.39 is 21.5 Å². The van der Waals surface area contributed by atoms with E-state index in [1.54, 1.807) is 6.07 Å². The number of hydrogen-bond donors (Lipinski definition) is 0. The Morgan fingerprint density at radius 2 is 1.83 bits per heavy atom. The number of hydrogen-bond acceptors (Lipinski definition) is 5. The highest BCUT2D eigenvalue weighted by Crippen LogP contribution is 2.29. The summed E-state index contributed by atoms with van der Waals surface area (Å²) in [6, 6.07) is 6.05. The summed E-state index contributed by atoms with van der Waals surface area (Å²) in [5.74, 6) is -0.703. The first-order valence-electron chi connectivity index (χ1n) is 4.52. The van der Waals surface area contributed by atoms with Crippen LogP contribution in [0.1, 0.15) is 0 Å². The molecule has 0 unspecified atom stereocenters. The van der Waals surface area contributed by atoms with E-state index in [0.717, 1.165) is 0 Å². The van der Waals surface area contributed by atoms with E-state index >= 15 is 0 Å². The third-order valence-electron chi connectivity index (χ3n) is 2.01. The summed E-state index contributed by atoms with van der Waals surface area (Å²) in [5, 5.41) is 7.17. The van der Waals surface area contributed by atoms with Gasteiger partial charge in [0.1, 0.15) is 0 Å². The minimum absolute atomic E-state index is 0.125. The van der Waals surface area contributed by atoms with Gasteiger partial charge in [0.15, 0.2) is 0 Å². The van der Waals surface area contributed by atoms with E-state index in [-0.39, 0.29) is 5.39 Å². The monoisotopic (exact) mass is 278 g/mol. The Morgan fingerprint density at radius 3 is 2.50 bits per heavy atom. The number of aromatic nitrogens is 2. The van der Waals surface area contributed by atoms with Crippen molar-refractivity contribution in [2.45, 2.75) is 5.51 Å². The zero-order valence-electron chi connectivity index (χ0n) is 8.55. The molecule has 0 aliphatic carbocycles. The van der Waals surface area contributed by atoms with Crippen LogP contribution in [-0.4, -0.2) is 24.1 Å². The van der Waals surface area contributed by atoms with Gasteiger partial charge in [0.05, 0.1) is 6.20 Å². The number of fused-ring (bicyclic) bond motifs is 1. The maximum Gasteiger partial charge on any atom is 0.534 e. The predicted octanol–water partition coefficient (Wildman–Crippen LogP) is 1.86. The first kappa shape index (κ1) is 12.6. The van der Waals surface area contributed by atoms with Crippen LogP contribution in [-0.2, 0) is 10.1 Å². The molecule has 0 fully saturated rings. The van der Waals surface area contributed by atoms with E-state index in [0.29, 0.717) is 5.39 Å². The second-order valence-electron chi connectivity index (χ2n) is 3.22. The molecule has 0 atom stereocenters. The highest BCUT2D eigenvalue weighted by atomic mass is 32.2. The summed E-state index contributed by atoms with van der Waals surface area (Å²) < 4.78 is 62.1. The Kier molecular flexibility index (Phi) is 2.85. The molecule has 0 radical (unpaired) electrons. The van der Waals surface area contributed by atoms with Crippen LogP contribution in [0.2, 0.25) is 0 Å². The molecule has 1 aromatic carbocycles. The number of halogens is 3. The number of nitrogens with zero attached hydrogens (tertiary/aromatic N) is 2. The minimum Gasteiger partial charge on any atom is -0.353 e. The fourth-order valence-electron chi connectivity index (χ4n) is 1.21. The first-order chi connectivity index (χ1) is 8.31. The predicted molar refractivity (Wildman–Crippen MR) is 55.1 cm³/mol. The zero-order valence-corrected chi connectivity index (χ0v) is 9.36. The lowest BCUT2D eigenvalue weighted by molar-refractivity contribution is -0.0501. The summed E-state index contributed by atoms with van der Waals surface area (Å²) in [5.41, 5.74) is -5.51. The number of benzene rings is 1. The fraction of sp³-hybridized carbons (Fsp3) is 0.111. The van der Waals surface area contributed by atoms with Crippen molar-refractivity contribution in [2.24, 2.45) is 0 Å². The zero-order chi connectivity index (χ0) is 13.4. The van der Waals surface area contributed by atoms with E-state index in [1.807, 2.05) is 0 Å². The molecular formula is C9H5F3N2O3S. The molecule has 0 N–H and O–H groups in total. The number of rotatable bonds is 2. The molecule has 2 aromatic rings. The molecule has 1 aromatic heterocycles. The van der Waals surface area contributed by atoms with E-state index in [9.17, 15) is 21.6 Å². The van der Waals surface area contributed by atoms with Crippen molar-refractivity contribution in [3.05, 3.63) is 30.5 Å². The van der Waals surface area contributed by atoms with Gasteiger partial charge in [-0.05, 0) is 6.07 Å². The molecule has 0 aliphatic rings. The molecule has 0 aliphatic heterocycles. The Bertz CT molecular complexity index is 680. The standard InChI is InChI=1S/C9H5F3N2O3S/c10-9(11,12)18(15,16)17-8-7-4-2-1-3-6(7)5-13-14-8/h1-5H. The molecular weight excluding hydrogens is 273 g/mol. The van der Waals surface area contributed by atoms with Crippen molar-refractivity contribution >= 4 is 20.9 Å². The van der Waals surface area contributed by atoms with Crippen LogP contribution < -0.4 is 4.18 Å². The second kappa shape index (κ2) is 4.09. The molecule has 0 bridgehead atoms. The van der Waals surface area contributed by atoms with Crippen molar-refractivity contribution < 1.29 is 25.8 Å². The van der Waals surface area contributed by atoms with Gasteiger partial charge in [0, 0.05) is 10.8 Å². The van der Waals surface area contributed by atoms with Crippen LogP contribution in [0.25, 0.3) is 10.8 Å². The molecule has 9 heteroatoms. The molecule has 0 spiro atoms. The number of alkyl halides is 3. The highest BCUT2D eigenvalue weighted by Gasteiger charge is 2.49. The van der Waals surface area contributed by atoms with Crippen molar-refractivity contribution in [1.29, 1.82) is 0 Å². The van der Waals surface area contributed by atoms with E-state index in [4.69, 9.17) is 0 Å². The summed E-state index contributed by atoms with van der Waals surface area (Å²) in [4.78, 5) is 0. The second-order valence-corrected chi connectivity index (χ2v) is 4.76. The van der Waals surface area contributed by atoms with Crippen LogP contribution >= 0.6 is 0 Å². The lowest BCUT2D eigenvalue weighted by Crippen LogP contribution is -2.28. The van der Waals surface area contributed by atoms with Crippen molar-refractivity contribution in [2.75, 3.05) is 0 Å². The van der Waals surface area contributed by atoms with Gasteiger partial charge in [-0.1, -0.05) is 18.2 Å². The smallest absolute Gasteiger partial charge is 0.353 e. The van der Waals surface area contributed by atoms with Gasteiger partial charge >= 0.3 is 15.6 Å². The SMILES string of the molecule is O=S(=O)(Oc1nncc2ccccc12)C(F)(F)F. The van der Waals surface area contributed by atoms with Gasteiger partial charge in [-0.3, -0.25) is 0 Å². The first-order valence-corrected chi connectivity index (χ1v) is 5.93. The van der Waals surface area contributed by atoms with Gasteiger partial charge in [0.2, 0.25) is 0 Å². The normalized spacial score (nSPS) is 12.6. The van der Waals surface area contributed by atoms with Crippen LogP contribution in [0.15, 0.2) is 30.5 Å².